The van der Waals surface area contributed by atoms with E-state index in [0.29, 0.717) is 18.4 Å². The number of sulfone groups is 1. The van der Waals surface area contributed by atoms with Gasteiger partial charge in [-0.15, -0.1) is 0 Å². The Morgan fingerprint density at radius 1 is 1.20 bits per heavy atom. The van der Waals surface area contributed by atoms with Gasteiger partial charge in [-0.25, -0.2) is 17.6 Å². The van der Waals surface area contributed by atoms with E-state index in [9.17, 15) is 22.4 Å². The van der Waals surface area contributed by atoms with Gasteiger partial charge in [-0.2, -0.15) is 0 Å². The zero-order chi connectivity index (χ0) is 18.2. The molecule has 1 aliphatic rings. The number of fused-ring (bicyclic) bond motifs is 1. The van der Waals surface area contributed by atoms with Crippen LogP contribution in [0.2, 0.25) is 0 Å². The van der Waals surface area contributed by atoms with Gasteiger partial charge in [0, 0.05) is 6.26 Å². The van der Waals surface area contributed by atoms with E-state index in [0.717, 1.165) is 30.1 Å². The molecule has 0 saturated heterocycles. The number of H-pyrrole nitrogens is 1. The lowest BCUT2D eigenvalue weighted by Gasteiger charge is -2.15. The van der Waals surface area contributed by atoms with E-state index in [1.165, 1.54) is 18.2 Å². The molecular formula is C17H19FN2O4S. The fourth-order valence-electron chi connectivity index (χ4n) is 3.11. The minimum absolute atomic E-state index is 0.00306. The third-order valence-electron chi connectivity index (χ3n) is 4.52. The number of aromatic nitrogens is 2. The third kappa shape index (κ3) is 3.58. The maximum atomic E-state index is 14.4. The second kappa shape index (κ2) is 6.59. The lowest BCUT2D eigenvalue weighted by molar-refractivity contribution is 0.492. The maximum Gasteiger partial charge on any atom is 0.329 e. The largest absolute Gasteiger partial charge is 0.329 e. The van der Waals surface area contributed by atoms with Crippen molar-refractivity contribution in [3.8, 4) is 0 Å². The molecule has 2 aromatic rings. The minimum Gasteiger partial charge on any atom is -0.307 e. The molecule has 1 saturated carbocycles. The smallest absolute Gasteiger partial charge is 0.307 e. The number of benzene rings is 1. The van der Waals surface area contributed by atoms with Gasteiger partial charge in [0.1, 0.15) is 5.83 Å². The highest BCUT2D eigenvalue weighted by Crippen LogP contribution is 2.26. The summed E-state index contributed by atoms with van der Waals surface area (Å²) in [7, 11) is -3.46. The SMILES string of the molecule is CS(=O)(=O)c1ccc2c(=O)n(CC(F)=C3CCCCC3)c(=O)[nH]c2c1. The Hall–Kier alpha value is -2.22. The zero-order valence-electron chi connectivity index (χ0n) is 13.8. The molecule has 0 atom stereocenters. The molecular weight excluding hydrogens is 347 g/mol. The van der Waals surface area contributed by atoms with Gasteiger partial charge >= 0.3 is 5.69 Å². The van der Waals surface area contributed by atoms with Crippen LogP contribution in [-0.4, -0.2) is 24.2 Å². The van der Waals surface area contributed by atoms with E-state index >= 15 is 0 Å². The fraction of sp³-hybridized carbons (Fsp3) is 0.412. The summed E-state index contributed by atoms with van der Waals surface area (Å²) in [5.41, 5.74) is -0.593. The van der Waals surface area contributed by atoms with E-state index in [4.69, 9.17) is 0 Å². The summed E-state index contributed by atoms with van der Waals surface area (Å²) in [5.74, 6) is -0.431. The first-order chi connectivity index (χ1) is 11.8. The van der Waals surface area contributed by atoms with E-state index in [1.807, 2.05) is 0 Å². The van der Waals surface area contributed by atoms with Crippen LogP contribution in [0.5, 0.6) is 0 Å². The van der Waals surface area contributed by atoms with Gasteiger partial charge in [0.25, 0.3) is 5.56 Å². The van der Waals surface area contributed by atoms with E-state index < -0.39 is 33.5 Å². The van der Waals surface area contributed by atoms with E-state index in [2.05, 4.69) is 4.98 Å². The maximum absolute atomic E-state index is 14.4. The lowest BCUT2D eigenvalue weighted by Crippen LogP contribution is -2.35. The Balaban J connectivity index is 2.08. The Labute approximate surface area is 143 Å². The number of allylic oxidation sites excluding steroid dienone is 2. The van der Waals surface area contributed by atoms with Crippen LogP contribution in [0.3, 0.4) is 0 Å². The van der Waals surface area contributed by atoms with Crippen LogP contribution in [0.15, 0.2) is 44.1 Å². The van der Waals surface area contributed by atoms with Gasteiger partial charge in [-0.05, 0) is 49.5 Å². The highest BCUT2D eigenvalue weighted by atomic mass is 32.2. The molecule has 0 bridgehead atoms. The second-order valence-corrected chi connectivity index (χ2v) is 8.39. The van der Waals surface area contributed by atoms with Crippen LogP contribution in [0.1, 0.15) is 32.1 Å². The van der Waals surface area contributed by atoms with Crippen molar-refractivity contribution in [2.75, 3.05) is 6.26 Å². The fourth-order valence-corrected chi connectivity index (χ4v) is 3.76. The highest BCUT2D eigenvalue weighted by molar-refractivity contribution is 7.90. The second-order valence-electron chi connectivity index (χ2n) is 6.37. The van der Waals surface area contributed by atoms with Gasteiger partial charge in [0.05, 0.1) is 22.3 Å². The number of halogens is 1. The number of rotatable bonds is 3. The summed E-state index contributed by atoms with van der Waals surface area (Å²) in [6.45, 7) is -0.396. The monoisotopic (exact) mass is 366 g/mol. The molecule has 1 aromatic heterocycles. The Kier molecular flexibility index (Phi) is 4.64. The van der Waals surface area contributed by atoms with Crippen molar-refractivity contribution in [3.05, 3.63) is 50.4 Å². The number of hydrogen-bond donors (Lipinski definition) is 1. The summed E-state index contributed by atoms with van der Waals surface area (Å²) in [6, 6.07) is 3.89. The first-order valence-electron chi connectivity index (χ1n) is 8.11. The van der Waals surface area contributed by atoms with Crippen molar-refractivity contribution in [1.82, 2.24) is 9.55 Å². The molecule has 0 spiro atoms. The zero-order valence-corrected chi connectivity index (χ0v) is 14.7. The minimum atomic E-state index is -3.46. The summed E-state index contributed by atoms with van der Waals surface area (Å²) < 4.78 is 38.5. The molecule has 25 heavy (non-hydrogen) atoms. The predicted molar refractivity (Wildman–Crippen MR) is 93.2 cm³/mol. The van der Waals surface area contributed by atoms with E-state index in [1.54, 1.807) is 0 Å². The van der Waals surface area contributed by atoms with Crippen LogP contribution < -0.4 is 11.2 Å². The quantitative estimate of drug-likeness (QED) is 0.902. The van der Waals surface area contributed by atoms with Crippen LogP contribution in [0.25, 0.3) is 10.9 Å². The molecule has 0 aliphatic heterocycles. The van der Waals surface area contributed by atoms with Gasteiger partial charge < -0.3 is 4.98 Å². The summed E-state index contributed by atoms with van der Waals surface area (Å²) in [4.78, 5) is 27.2. The summed E-state index contributed by atoms with van der Waals surface area (Å²) in [5, 5.41) is 0.147. The van der Waals surface area contributed by atoms with Crippen molar-refractivity contribution in [3.63, 3.8) is 0 Å². The number of hydrogen-bond acceptors (Lipinski definition) is 4. The van der Waals surface area contributed by atoms with Crippen molar-refractivity contribution >= 4 is 20.7 Å². The van der Waals surface area contributed by atoms with Gasteiger partial charge in [0.2, 0.25) is 0 Å². The van der Waals surface area contributed by atoms with Crippen LogP contribution in [0, 0.1) is 0 Å². The first kappa shape index (κ1) is 17.6. The van der Waals surface area contributed by atoms with Gasteiger partial charge in [-0.1, -0.05) is 6.42 Å². The average molecular weight is 366 g/mol. The van der Waals surface area contributed by atoms with Crippen LogP contribution in [0.4, 0.5) is 4.39 Å². The van der Waals surface area contributed by atoms with Crippen molar-refractivity contribution in [2.24, 2.45) is 0 Å². The van der Waals surface area contributed by atoms with E-state index in [-0.39, 0.29) is 15.8 Å². The normalized spacial score (nSPS) is 15.5. The van der Waals surface area contributed by atoms with Crippen molar-refractivity contribution in [2.45, 2.75) is 43.5 Å². The lowest BCUT2D eigenvalue weighted by atomic mass is 9.94. The summed E-state index contributed by atoms with van der Waals surface area (Å²) >= 11 is 0. The molecule has 3 rings (SSSR count). The topological polar surface area (TPSA) is 89.0 Å². The summed E-state index contributed by atoms with van der Waals surface area (Å²) in [6.07, 6.45) is 5.25. The van der Waals surface area contributed by atoms with Crippen LogP contribution >= 0.6 is 0 Å². The Morgan fingerprint density at radius 3 is 2.52 bits per heavy atom. The molecule has 6 nitrogen and oxygen atoms in total. The molecule has 134 valence electrons. The molecule has 1 N–H and O–H groups in total. The third-order valence-corrected chi connectivity index (χ3v) is 5.63. The highest BCUT2D eigenvalue weighted by Gasteiger charge is 2.16. The van der Waals surface area contributed by atoms with Gasteiger partial charge in [-0.3, -0.25) is 9.36 Å². The van der Waals surface area contributed by atoms with Crippen LogP contribution in [-0.2, 0) is 16.4 Å². The number of nitrogens with one attached hydrogen (secondary N) is 1. The molecule has 8 heteroatoms. The molecule has 0 amide bonds. The Morgan fingerprint density at radius 2 is 1.88 bits per heavy atom. The Bertz CT molecular complexity index is 1070. The molecule has 1 aliphatic carbocycles. The molecule has 1 heterocycles. The number of aromatic amines is 1. The molecule has 1 aromatic carbocycles. The van der Waals surface area contributed by atoms with Crippen molar-refractivity contribution in [1.29, 1.82) is 0 Å². The average Bonchev–Trinajstić information content (AvgIpc) is 2.58. The number of nitrogens with zero attached hydrogens (tertiary/aromatic N) is 1. The molecule has 0 unspecified atom stereocenters. The predicted octanol–water partition coefficient (Wildman–Crippen LogP) is 2.28. The first-order valence-corrected chi connectivity index (χ1v) is 10.00. The van der Waals surface area contributed by atoms with Crippen molar-refractivity contribution < 1.29 is 12.8 Å². The molecule has 0 radical (unpaired) electrons. The standard InChI is InChI=1S/C17H19FN2O4S/c1-25(23,24)12-7-8-13-15(9-12)19-17(22)20(16(13)21)10-14(18)11-5-3-2-4-6-11/h7-9H,2-6,10H2,1H3,(H,19,22). The van der Waals surface area contributed by atoms with Gasteiger partial charge in [0.15, 0.2) is 9.84 Å². The molecule has 1 fully saturated rings.